The molecule has 1 heterocycles. The third kappa shape index (κ3) is 5.35. The minimum absolute atomic E-state index is 0.0834. The molecule has 2 aromatic carbocycles. The second kappa shape index (κ2) is 10.4. The predicted molar refractivity (Wildman–Crippen MR) is 120 cm³/mol. The Balaban J connectivity index is 1.67. The van der Waals surface area contributed by atoms with Crippen molar-refractivity contribution in [2.45, 2.75) is 13.5 Å². The van der Waals surface area contributed by atoms with Gasteiger partial charge in [0.05, 0.1) is 38.8 Å². The molecule has 3 N–H and O–H groups in total. The van der Waals surface area contributed by atoms with Crippen LogP contribution in [0.1, 0.15) is 21.7 Å². The minimum atomic E-state index is -0.648. The van der Waals surface area contributed by atoms with E-state index in [1.807, 2.05) is 0 Å². The average molecular weight is 457 g/mol. The van der Waals surface area contributed by atoms with Crippen LogP contribution < -0.4 is 30.2 Å². The number of methoxy groups -OCH3 is 3. The van der Waals surface area contributed by atoms with Crippen LogP contribution >= 0.6 is 0 Å². The molecule has 0 radical (unpaired) electrons. The highest BCUT2D eigenvalue weighted by Gasteiger charge is 2.17. The Morgan fingerprint density at radius 2 is 1.73 bits per heavy atom. The Morgan fingerprint density at radius 3 is 2.36 bits per heavy atom. The van der Waals surface area contributed by atoms with Gasteiger partial charge in [-0.2, -0.15) is 0 Å². The third-order valence-electron chi connectivity index (χ3n) is 4.80. The molecule has 3 rings (SSSR count). The number of carbonyl (C=O) groups excluding carboxylic acids is 2. The first-order chi connectivity index (χ1) is 15.9. The van der Waals surface area contributed by atoms with Crippen LogP contribution in [0.2, 0.25) is 0 Å². The van der Waals surface area contributed by atoms with E-state index in [-0.39, 0.29) is 23.5 Å². The van der Waals surface area contributed by atoms with Crippen molar-refractivity contribution in [2.24, 2.45) is 0 Å². The van der Waals surface area contributed by atoms with Gasteiger partial charge in [0.25, 0.3) is 5.91 Å². The van der Waals surface area contributed by atoms with Crippen molar-refractivity contribution in [3.05, 3.63) is 65.4 Å². The summed E-state index contributed by atoms with van der Waals surface area (Å²) in [6, 6.07) is 8.23. The van der Waals surface area contributed by atoms with Crippen molar-refractivity contribution in [2.75, 3.05) is 32.0 Å². The third-order valence-corrected chi connectivity index (χ3v) is 4.80. The van der Waals surface area contributed by atoms with Crippen molar-refractivity contribution in [3.63, 3.8) is 0 Å². The van der Waals surface area contributed by atoms with E-state index in [1.165, 1.54) is 45.8 Å². The number of anilines is 2. The van der Waals surface area contributed by atoms with Crippen molar-refractivity contribution >= 4 is 23.3 Å². The average Bonchev–Trinajstić information content (AvgIpc) is 3.24. The Kier molecular flexibility index (Phi) is 7.39. The maximum absolute atomic E-state index is 14.2. The zero-order valence-electron chi connectivity index (χ0n) is 18.6. The Hall–Kier alpha value is -4.21. The first-order valence-corrected chi connectivity index (χ1v) is 9.85. The normalized spacial score (nSPS) is 10.3. The predicted octanol–water partition coefficient (Wildman–Crippen LogP) is 4.33. The van der Waals surface area contributed by atoms with Crippen LogP contribution in [-0.4, -0.2) is 33.3 Å². The van der Waals surface area contributed by atoms with E-state index < -0.39 is 17.8 Å². The summed E-state index contributed by atoms with van der Waals surface area (Å²) in [6.45, 7) is 1.75. The second-order valence-electron chi connectivity index (χ2n) is 6.84. The van der Waals surface area contributed by atoms with Gasteiger partial charge in [0.2, 0.25) is 5.75 Å². The quantitative estimate of drug-likeness (QED) is 0.464. The van der Waals surface area contributed by atoms with Gasteiger partial charge in [-0.05, 0) is 43.3 Å². The van der Waals surface area contributed by atoms with Gasteiger partial charge < -0.3 is 34.6 Å². The standard InChI is InChI=1S/C23H24FN3O6/c1-13-16(9-10-33-13)22(28)27-18-11-15(6-7-17(18)24)26-23(29)25-12-14-5-8-19(30-2)21(32-4)20(14)31-3/h5-11H,12H2,1-4H3,(H,27,28)(H2,25,26,29). The summed E-state index contributed by atoms with van der Waals surface area (Å²) < 4.78 is 35.3. The Labute approximate surface area is 189 Å². The highest BCUT2D eigenvalue weighted by Crippen LogP contribution is 2.39. The number of halogens is 1. The largest absolute Gasteiger partial charge is 0.493 e. The van der Waals surface area contributed by atoms with E-state index in [0.717, 1.165) is 6.07 Å². The summed E-state index contributed by atoms with van der Waals surface area (Å²) >= 11 is 0. The molecule has 0 aliphatic heterocycles. The van der Waals surface area contributed by atoms with Gasteiger partial charge in [-0.15, -0.1) is 0 Å². The van der Waals surface area contributed by atoms with E-state index in [2.05, 4.69) is 16.0 Å². The Morgan fingerprint density at radius 1 is 0.970 bits per heavy atom. The lowest BCUT2D eigenvalue weighted by Crippen LogP contribution is -2.28. The molecule has 174 valence electrons. The van der Waals surface area contributed by atoms with Gasteiger partial charge >= 0.3 is 6.03 Å². The fourth-order valence-electron chi connectivity index (χ4n) is 3.16. The second-order valence-corrected chi connectivity index (χ2v) is 6.84. The minimum Gasteiger partial charge on any atom is -0.493 e. The highest BCUT2D eigenvalue weighted by atomic mass is 19.1. The molecule has 3 aromatic rings. The van der Waals surface area contributed by atoms with Crippen molar-refractivity contribution in [1.82, 2.24) is 5.32 Å². The number of hydrogen-bond donors (Lipinski definition) is 3. The molecule has 0 spiro atoms. The van der Waals surface area contributed by atoms with Crippen LogP contribution in [0.3, 0.4) is 0 Å². The summed E-state index contributed by atoms with van der Waals surface area (Å²) in [5.41, 5.74) is 1.15. The number of nitrogens with one attached hydrogen (secondary N) is 3. The summed E-state index contributed by atoms with van der Waals surface area (Å²) in [5, 5.41) is 7.78. The van der Waals surface area contributed by atoms with Crippen molar-refractivity contribution < 1.29 is 32.6 Å². The van der Waals surface area contributed by atoms with Crippen molar-refractivity contribution in [3.8, 4) is 17.2 Å². The number of benzene rings is 2. The number of amides is 3. The van der Waals surface area contributed by atoms with E-state index in [9.17, 15) is 14.0 Å². The van der Waals surface area contributed by atoms with Gasteiger partial charge in [-0.25, -0.2) is 9.18 Å². The first-order valence-electron chi connectivity index (χ1n) is 9.85. The monoisotopic (exact) mass is 457 g/mol. The van der Waals surface area contributed by atoms with E-state index in [4.69, 9.17) is 18.6 Å². The fourth-order valence-corrected chi connectivity index (χ4v) is 3.16. The smallest absolute Gasteiger partial charge is 0.319 e. The summed E-state index contributed by atoms with van der Waals surface area (Å²) in [6.07, 6.45) is 1.37. The van der Waals surface area contributed by atoms with Crippen LogP contribution in [0.25, 0.3) is 0 Å². The van der Waals surface area contributed by atoms with Crippen LogP contribution in [-0.2, 0) is 6.54 Å². The molecule has 0 aliphatic rings. The van der Waals surface area contributed by atoms with Crippen LogP contribution in [0.4, 0.5) is 20.6 Å². The molecule has 0 fully saturated rings. The van der Waals surface area contributed by atoms with Gasteiger partial charge in [0.15, 0.2) is 11.5 Å². The molecule has 0 atom stereocenters. The molecule has 0 saturated heterocycles. The molecule has 3 amide bonds. The SMILES string of the molecule is COc1ccc(CNC(=O)Nc2ccc(F)c(NC(=O)c3ccoc3C)c2)c(OC)c1OC. The number of carbonyl (C=O) groups is 2. The molecule has 33 heavy (non-hydrogen) atoms. The van der Waals surface area contributed by atoms with Gasteiger partial charge in [-0.3, -0.25) is 4.79 Å². The number of rotatable bonds is 8. The maximum Gasteiger partial charge on any atom is 0.319 e. The molecular weight excluding hydrogens is 433 g/mol. The lowest BCUT2D eigenvalue weighted by atomic mass is 10.1. The molecule has 9 nitrogen and oxygen atoms in total. The van der Waals surface area contributed by atoms with Gasteiger partial charge in [-0.1, -0.05) is 0 Å². The van der Waals surface area contributed by atoms with E-state index in [1.54, 1.807) is 19.1 Å². The molecular formula is C23H24FN3O6. The number of ether oxygens (including phenoxy) is 3. The summed E-state index contributed by atoms with van der Waals surface area (Å²) in [5.74, 6) is 0.569. The van der Waals surface area contributed by atoms with Crippen LogP contribution in [0.5, 0.6) is 17.2 Å². The molecule has 0 saturated carbocycles. The first kappa shape index (κ1) is 23.5. The van der Waals surface area contributed by atoms with Crippen molar-refractivity contribution in [1.29, 1.82) is 0 Å². The zero-order chi connectivity index (χ0) is 24.0. The molecule has 0 bridgehead atoms. The summed E-state index contributed by atoms with van der Waals surface area (Å²) in [4.78, 5) is 24.7. The molecule has 0 unspecified atom stereocenters. The van der Waals surface area contributed by atoms with E-state index in [0.29, 0.717) is 28.6 Å². The molecule has 1 aromatic heterocycles. The van der Waals surface area contributed by atoms with E-state index >= 15 is 0 Å². The topological polar surface area (TPSA) is 111 Å². The maximum atomic E-state index is 14.2. The van der Waals surface area contributed by atoms with Crippen LogP contribution in [0, 0.1) is 12.7 Å². The van der Waals surface area contributed by atoms with Crippen LogP contribution in [0.15, 0.2) is 47.1 Å². The molecule has 10 heteroatoms. The fraction of sp³-hybridized carbons (Fsp3) is 0.217. The van der Waals surface area contributed by atoms with Gasteiger partial charge in [0.1, 0.15) is 11.6 Å². The Bertz CT molecular complexity index is 1160. The lowest BCUT2D eigenvalue weighted by Gasteiger charge is -2.16. The number of furan rings is 1. The number of aryl methyl sites for hydroxylation is 1. The summed E-state index contributed by atoms with van der Waals surface area (Å²) in [7, 11) is 4.49. The number of hydrogen-bond acceptors (Lipinski definition) is 6. The van der Waals surface area contributed by atoms with Gasteiger partial charge in [0, 0.05) is 17.8 Å². The molecule has 0 aliphatic carbocycles. The number of urea groups is 1. The lowest BCUT2D eigenvalue weighted by molar-refractivity contribution is 0.102. The zero-order valence-corrected chi connectivity index (χ0v) is 18.6. The highest BCUT2D eigenvalue weighted by molar-refractivity contribution is 6.05.